The van der Waals surface area contributed by atoms with Crippen molar-refractivity contribution in [3.05, 3.63) is 50.6 Å². The highest BCUT2D eigenvalue weighted by Gasteiger charge is 2.33. The number of fused-ring (bicyclic) bond motifs is 1. The normalized spacial score (nSPS) is 12.0. The zero-order valence-corrected chi connectivity index (χ0v) is 14.0. The summed E-state index contributed by atoms with van der Waals surface area (Å²) >= 11 is 6.51. The Labute approximate surface area is 144 Å². The Morgan fingerprint density at radius 2 is 2.08 bits per heavy atom. The summed E-state index contributed by atoms with van der Waals surface area (Å²) in [5.41, 5.74) is 2.07. The molecule has 24 heavy (non-hydrogen) atoms. The molecule has 2 aromatic heterocycles. The van der Waals surface area contributed by atoms with Crippen LogP contribution >= 0.6 is 22.9 Å². The number of furan rings is 1. The Hall–Kier alpha value is -1.86. The molecule has 0 saturated heterocycles. The van der Waals surface area contributed by atoms with Crippen molar-refractivity contribution in [3.63, 3.8) is 0 Å². The molecule has 3 nitrogen and oxygen atoms in total. The summed E-state index contributed by atoms with van der Waals surface area (Å²) in [5.74, 6) is -0.228. The number of halogens is 4. The number of hydrogen-bond acceptors (Lipinski definition) is 4. The molecule has 0 aliphatic rings. The van der Waals surface area contributed by atoms with Crippen LogP contribution in [0.25, 0.3) is 11.0 Å². The first-order valence-electron chi connectivity index (χ1n) is 6.94. The quantitative estimate of drug-likeness (QED) is 0.629. The molecule has 3 aromatic rings. The van der Waals surface area contributed by atoms with E-state index < -0.39 is 11.1 Å². The summed E-state index contributed by atoms with van der Waals surface area (Å²) in [4.78, 5) is 15.0. The average molecular weight is 374 g/mol. The van der Waals surface area contributed by atoms with Crippen molar-refractivity contribution < 1.29 is 22.4 Å². The molecule has 0 N–H and O–H groups in total. The molecule has 0 unspecified atom stereocenters. The number of hydrogen-bond donors (Lipinski definition) is 0. The topological polar surface area (TPSA) is 43.1 Å². The van der Waals surface area contributed by atoms with Crippen LogP contribution in [0.4, 0.5) is 13.2 Å². The predicted molar refractivity (Wildman–Crippen MR) is 85.5 cm³/mol. The molecule has 0 aliphatic carbocycles. The highest BCUT2D eigenvalue weighted by atomic mass is 35.5. The van der Waals surface area contributed by atoms with E-state index >= 15 is 0 Å². The fourth-order valence-corrected chi connectivity index (χ4v) is 3.33. The maximum absolute atomic E-state index is 12.6. The third kappa shape index (κ3) is 3.32. The third-order valence-corrected chi connectivity index (χ3v) is 5.03. The number of Topliss-reactive ketones (excluding diaryl/α,β-unsaturated/α-hetero) is 1. The fourth-order valence-electron chi connectivity index (χ4n) is 2.37. The van der Waals surface area contributed by atoms with Crippen LogP contribution in [0.5, 0.6) is 0 Å². The maximum Gasteiger partial charge on any atom is 0.427 e. The second-order valence-electron chi connectivity index (χ2n) is 5.32. The molecular weight excluding hydrogens is 363 g/mol. The van der Waals surface area contributed by atoms with Crippen molar-refractivity contribution in [2.75, 3.05) is 0 Å². The zero-order chi connectivity index (χ0) is 17.5. The molecule has 0 aliphatic heterocycles. The van der Waals surface area contributed by atoms with Gasteiger partial charge in [0.1, 0.15) is 21.3 Å². The lowest BCUT2D eigenvalue weighted by Crippen LogP contribution is -2.06. The van der Waals surface area contributed by atoms with Gasteiger partial charge in [0.05, 0.1) is 18.9 Å². The molecule has 126 valence electrons. The number of alkyl halides is 3. The van der Waals surface area contributed by atoms with Gasteiger partial charge in [0.2, 0.25) is 0 Å². The molecule has 0 radical (unpaired) electrons. The van der Waals surface area contributed by atoms with Crippen LogP contribution in [0.2, 0.25) is 5.02 Å². The molecule has 0 saturated carbocycles. The molecular formula is C16H11ClF3NO2S. The summed E-state index contributed by atoms with van der Waals surface area (Å²) in [6, 6.07) is 3.49. The van der Waals surface area contributed by atoms with Gasteiger partial charge in [-0.3, -0.25) is 4.79 Å². The summed E-state index contributed by atoms with van der Waals surface area (Å²) in [6.45, 7) is 1.81. The summed E-state index contributed by atoms with van der Waals surface area (Å²) in [5, 5.41) is 1.50. The first-order chi connectivity index (χ1) is 11.3. The van der Waals surface area contributed by atoms with Crippen LogP contribution < -0.4 is 0 Å². The minimum absolute atomic E-state index is 0.0645. The van der Waals surface area contributed by atoms with E-state index in [-0.39, 0.29) is 23.6 Å². The van der Waals surface area contributed by atoms with Crippen molar-refractivity contribution in [3.8, 4) is 0 Å². The predicted octanol–water partition coefficient (Wildman–Crippen LogP) is 5.22. The van der Waals surface area contributed by atoms with Crippen LogP contribution in [-0.4, -0.2) is 10.8 Å². The molecule has 8 heteroatoms. The lowest BCUT2D eigenvalue weighted by molar-refractivity contribution is -0.134. The van der Waals surface area contributed by atoms with E-state index in [1.165, 1.54) is 6.26 Å². The van der Waals surface area contributed by atoms with Gasteiger partial charge in [-0.2, -0.15) is 13.2 Å². The lowest BCUT2D eigenvalue weighted by Gasteiger charge is -2.01. The van der Waals surface area contributed by atoms with E-state index in [1.54, 1.807) is 12.1 Å². The minimum atomic E-state index is -4.43. The van der Waals surface area contributed by atoms with Crippen LogP contribution in [-0.2, 0) is 23.8 Å². The van der Waals surface area contributed by atoms with E-state index in [4.69, 9.17) is 16.0 Å². The van der Waals surface area contributed by atoms with Gasteiger partial charge in [-0.05, 0) is 19.1 Å². The maximum atomic E-state index is 12.6. The number of aryl methyl sites for hydroxylation is 1. The number of benzene rings is 1. The van der Waals surface area contributed by atoms with Crippen LogP contribution in [0.3, 0.4) is 0 Å². The van der Waals surface area contributed by atoms with Crippen molar-refractivity contribution in [1.82, 2.24) is 4.98 Å². The smallest absolute Gasteiger partial charge is 0.427 e. The number of ketones is 1. The Morgan fingerprint density at radius 3 is 2.75 bits per heavy atom. The summed E-state index contributed by atoms with van der Waals surface area (Å²) in [7, 11) is 0. The van der Waals surface area contributed by atoms with E-state index in [2.05, 4.69) is 4.98 Å². The lowest BCUT2D eigenvalue weighted by atomic mass is 10.0. The first-order valence-corrected chi connectivity index (χ1v) is 8.14. The molecule has 0 spiro atoms. The highest BCUT2D eigenvalue weighted by molar-refractivity contribution is 7.11. The minimum Gasteiger partial charge on any atom is -0.464 e. The highest BCUT2D eigenvalue weighted by Crippen LogP contribution is 2.34. The molecule has 0 atom stereocenters. The standard InChI is InChI=1S/C16H11ClF3NO2S/c1-8-12(17)3-2-11-9(7-23-15(8)11)4-10(22)5-14-21-6-13(24-14)16(18,19)20/h2-3,6-7H,4-5H2,1H3. The van der Waals surface area contributed by atoms with Gasteiger partial charge in [-0.1, -0.05) is 11.6 Å². The fraction of sp³-hybridized carbons (Fsp3) is 0.250. The van der Waals surface area contributed by atoms with Gasteiger partial charge in [0, 0.05) is 28.0 Å². The number of rotatable bonds is 4. The molecule has 0 fully saturated rings. The second kappa shape index (κ2) is 6.22. The van der Waals surface area contributed by atoms with Gasteiger partial charge in [-0.25, -0.2) is 4.98 Å². The van der Waals surface area contributed by atoms with Crippen molar-refractivity contribution in [2.24, 2.45) is 0 Å². The van der Waals surface area contributed by atoms with Gasteiger partial charge in [-0.15, -0.1) is 11.3 Å². The average Bonchev–Trinajstić information content (AvgIpc) is 3.10. The number of aromatic nitrogens is 1. The van der Waals surface area contributed by atoms with Gasteiger partial charge < -0.3 is 4.42 Å². The van der Waals surface area contributed by atoms with Crippen LogP contribution in [0, 0.1) is 6.92 Å². The van der Waals surface area contributed by atoms with E-state index in [1.807, 2.05) is 6.92 Å². The third-order valence-electron chi connectivity index (χ3n) is 3.57. The SMILES string of the molecule is Cc1c(Cl)ccc2c(CC(=O)Cc3ncc(C(F)(F)F)s3)coc12. The Morgan fingerprint density at radius 1 is 1.33 bits per heavy atom. The molecule has 3 rings (SSSR count). The van der Waals surface area contributed by atoms with E-state index in [0.717, 1.165) is 17.1 Å². The van der Waals surface area contributed by atoms with Gasteiger partial charge in [0.25, 0.3) is 0 Å². The Kier molecular flexibility index (Phi) is 4.40. The zero-order valence-electron chi connectivity index (χ0n) is 12.4. The van der Waals surface area contributed by atoms with Crippen molar-refractivity contribution in [2.45, 2.75) is 25.9 Å². The van der Waals surface area contributed by atoms with Gasteiger partial charge in [0.15, 0.2) is 0 Å². The summed E-state index contributed by atoms with van der Waals surface area (Å²) < 4.78 is 43.1. The number of nitrogens with zero attached hydrogens (tertiary/aromatic N) is 1. The van der Waals surface area contributed by atoms with Crippen molar-refractivity contribution in [1.29, 1.82) is 0 Å². The van der Waals surface area contributed by atoms with Crippen LogP contribution in [0.1, 0.15) is 21.0 Å². The van der Waals surface area contributed by atoms with Crippen LogP contribution in [0.15, 0.2) is 29.0 Å². The van der Waals surface area contributed by atoms with Crippen molar-refractivity contribution >= 4 is 39.7 Å². The molecule has 0 amide bonds. The Balaban J connectivity index is 1.76. The monoisotopic (exact) mass is 373 g/mol. The second-order valence-corrected chi connectivity index (χ2v) is 6.84. The number of carbonyl (C=O) groups excluding carboxylic acids is 1. The Bertz CT molecular complexity index is 914. The molecule has 2 heterocycles. The summed E-state index contributed by atoms with van der Waals surface area (Å²) in [6.07, 6.45) is -2.27. The first kappa shape index (κ1) is 17.0. The van der Waals surface area contributed by atoms with Gasteiger partial charge >= 0.3 is 6.18 Å². The molecule has 1 aromatic carbocycles. The largest absolute Gasteiger partial charge is 0.464 e. The van der Waals surface area contributed by atoms with E-state index in [0.29, 0.717) is 27.5 Å². The number of thiazole rings is 1. The number of carbonyl (C=O) groups is 1. The van der Waals surface area contributed by atoms with E-state index in [9.17, 15) is 18.0 Å². The molecule has 0 bridgehead atoms.